The van der Waals surface area contributed by atoms with Crippen molar-refractivity contribution in [1.29, 1.82) is 0 Å². The third kappa shape index (κ3) is 0.875. The number of anilines is 1. The van der Waals surface area contributed by atoms with Gasteiger partial charge >= 0.3 is 0 Å². The molecule has 0 radical (unpaired) electrons. The van der Waals surface area contributed by atoms with E-state index in [0.717, 1.165) is 11.7 Å². The van der Waals surface area contributed by atoms with Gasteiger partial charge in [-0.25, -0.2) is 0 Å². The zero-order chi connectivity index (χ0) is 6.97. The Morgan fingerprint density at radius 3 is 3.00 bits per heavy atom. The van der Waals surface area contributed by atoms with E-state index in [1.54, 1.807) is 0 Å². The van der Waals surface area contributed by atoms with Gasteiger partial charge < -0.3 is 5.32 Å². The summed E-state index contributed by atoms with van der Waals surface area (Å²) in [6.07, 6.45) is 2.65. The number of hydrogen-bond acceptors (Lipinski definition) is 2. The van der Waals surface area contributed by atoms with E-state index in [2.05, 4.69) is 21.6 Å². The van der Waals surface area contributed by atoms with Gasteiger partial charge in [0.05, 0.1) is 0 Å². The fourth-order valence-corrected chi connectivity index (χ4v) is 1.07. The highest BCUT2D eigenvalue weighted by molar-refractivity contribution is 5.36. The maximum absolute atomic E-state index is 4.06. The second kappa shape index (κ2) is 2.01. The van der Waals surface area contributed by atoms with Crippen molar-refractivity contribution in [2.24, 2.45) is 0 Å². The average Bonchev–Trinajstić information content (AvgIpc) is 2.70. The van der Waals surface area contributed by atoms with Crippen LogP contribution in [-0.4, -0.2) is 17.2 Å². The minimum absolute atomic E-state index is 0.773. The van der Waals surface area contributed by atoms with Crippen LogP contribution in [0.15, 0.2) is 6.07 Å². The van der Waals surface area contributed by atoms with E-state index < -0.39 is 0 Å². The third-order valence-electron chi connectivity index (χ3n) is 1.87. The maximum atomic E-state index is 4.06. The summed E-state index contributed by atoms with van der Waals surface area (Å²) in [7, 11) is 1.88. The highest BCUT2D eigenvalue weighted by atomic mass is 15.2. The standard InChI is InChI=1S/C7H11N3/c1-8-7-4-6(9-10-7)5-2-3-5/h4-5H,2-3H2,1H3,(H2,8,9,10). The molecule has 1 aromatic heterocycles. The molecule has 0 aromatic carbocycles. The van der Waals surface area contributed by atoms with Gasteiger partial charge in [0.25, 0.3) is 0 Å². The minimum Gasteiger partial charge on any atom is -0.372 e. The number of aromatic amines is 1. The Kier molecular flexibility index (Phi) is 1.16. The van der Waals surface area contributed by atoms with Crippen LogP contribution in [0.3, 0.4) is 0 Å². The van der Waals surface area contributed by atoms with Crippen LogP contribution in [0.1, 0.15) is 24.5 Å². The van der Waals surface area contributed by atoms with Crippen LogP contribution in [-0.2, 0) is 0 Å². The first-order valence-corrected chi connectivity index (χ1v) is 3.63. The highest BCUT2D eigenvalue weighted by Crippen LogP contribution is 2.39. The number of aromatic nitrogens is 2. The Morgan fingerprint density at radius 2 is 2.50 bits per heavy atom. The number of nitrogens with zero attached hydrogens (tertiary/aromatic N) is 1. The first kappa shape index (κ1) is 5.77. The first-order chi connectivity index (χ1) is 4.90. The van der Waals surface area contributed by atoms with Crippen LogP contribution in [0.25, 0.3) is 0 Å². The van der Waals surface area contributed by atoms with Crippen LogP contribution in [0, 0.1) is 0 Å². The molecule has 1 aliphatic carbocycles. The molecule has 0 spiro atoms. The summed E-state index contributed by atoms with van der Waals surface area (Å²) in [6.45, 7) is 0. The topological polar surface area (TPSA) is 40.7 Å². The third-order valence-corrected chi connectivity index (χ3v) is 1.87. The molecule has 0 saturated heterocycles. The maximum Gasteiger partial charge on any atom is 0.147 e. The van der Waals surface area contributed by atoms with E-state index in [1.807, 2.05) is 7.05 Å². The predicted octanol–water partition coefficient (Wildman–Crippen LogP) is 1.33. The Morgan fingerprint density at radius 1 is 1.70 bits per heavy atom. The smallest absolute Gasteiger partial charge is 0.147 e. The van der Waals surface area contributed by atoms with Crippen molar-refractivity contribution in [1.82, 2.24) is 10.2 Å². The molecule has 10 heavy (non-hydrogen) atoms. The molecule has 1 aromatic rings. The molecule has 1 aliphatic rings. The minimum atomic E-state index is 0.773. The van der Waals surface area contributed by atoms with Gasteiger partial charge in [-0.05, 0) is 12.8 Å². The molecule has 2 N–H and O–H groups in total. The summed E-state index contributed by atoms with van der Waals surface area (Å²) in [5.74, 6) is 1.72. The van der Waals surface area contributed by atoms with Gasteiger partial charge in [0, 0.05) is 24.7 Å². The van der Waals surface area contributed by atoms with Gasteiger partial charge in [0.1, 0.15) is 5.82 Å². The Labute approximate surface area is 59.8 Å². The lowest BCUT2D eigenvalue weighted by Gasteiger charge is -1.86. The van der Waals surface area contributed by atoms with Crippen molar-refractivity contribution in [2.75, 3.05) is 12.4 Å². The van der Waals surface area contributed by atoms with Gasteiger partial charge in [-0.1, -0.05) is 0 Å². The molecule has 3 heteroatoms. The predicted molar refractivity (Wildman–Crippen MR) is 40.1 cm³/mol. The molecule has 0 amide bonds. The monoisotopic (exact) mass is 137 g/mol. The van der Waals surface area contributed by atoms with Crippen molar-refractivity contribution in [2.45, 2.75) is 18.8 Å². The lowest BCUT2D eigenvalue weighted by molar-refractivity contribution is 0.966. The fourth-order valence-electron chi connectivity index (χ4n) is 1.07. The number of nitrogens with one attached hydrogen (secondary N) is 2. The summed E-state index contributed by atoms with van der Waals surface area (Å²) in [5, 5.41) is 10.1. The van der Waals surface area contributed by atoms with Gasteiger partial charge in [0.2, 0.25) is 0 Å². The molecule has 1 saturated carbocycles. The van der Waals surface area contributed by atoms with E-state index in [4.69, 9.17) is 0 Å². The molecule has 1 heterocycles. The molecule has 1 fully saturated rings. The highest BCUT2D eigenvalue weighted by Gasteiger charge is 2.25. The second-order valence-corrected chi connectivity index (χ2v) is 2.73. The van der Waals surface area contributed by atoms with E-state index in [9.17, 15) is 0 Å². The lowest BCUT2D eigenvalue weighted by Crippen LogP contribution is -1.85. The molecular formula is C7H11N3. The van der Waals surface area contributed by atoms with E-state index in [-0.39, 0.29) is 0 Å². The van der Waals surface area contributed by atoms with Crippen LogP contribution in [0.4, 0.5) is 5.82 Å². The lowest BCUT2D eigenvalue weighted by atomic mass is 10.3. The zero-order valence-electron chi connectivity index (χ0n) is 6.02. The van der Waals surface area contributed by atoms with Crippen LogP contribution < -0.4 is 5.32 Å². The Balaban J connectivity index is 2.19. The Hall–Kier alpha value is -0.990. The summed E-state index contributed by atoms with van der Waals surface area (Å²) in [6, 6.07) is 2.08. The largest absolute Gasteiger partial charge is 0.372 e. The van der Waals surface area contributed by atoms with Crippen molar-refractivity contribution in [3.05, 3.63) is 11.8 Å². The molecule has 0 unspecified atom stereocenters. The molecule has 2 rings (SSSR count). The van der Waals surface area contributed by atoms with Crippen LogP contribution >= 0.6 is 0 Å². The summed E-state index contributed by atoms with van der Waals surface area (Å²) in [5.41, 5.74) is 1.28. The van der Waals surface area contributed by atoms with Gasteiger partial charge in [0.15, 0.2) is 0 Å². The number of hydrogen-bond donors (Lipinski definition) is 2. The van der Waals surface area contributed by atoms with Crippen LogP contribution in [0.2, 0.25) is 0 Å². The van der Waals surface area contributed by atoms with Crippen molar-refractivity contribution in [3.63, 3.8) is 0 Å². The second-order valence-electron chi connectivity index (χ2n) is 2.73. The van der Waals surface area contributed by atoms with Gasteiger partial charge in [-0.2, -0.15) is 5.10 Å². The van der Waals surface area contributed by atoms with E-state index >= 15 is 0 Å². The molecule has 0 bridgehead atoms. The molecule has 0 atom stereocenters. The molecular weight excluding hydrogens is 126 g/mol. The normalized spacial score (nSPS) is 17.3. The summed E-state index contributed by atoms with van der Waals surface area (Å²) < 4.78 is 0. The molecule has 54 valence electrons. The molecule has 3 nitrogen and oxygen atoms in total. The van der Waals surface area contributed by atoms with E-state index in [1.165, 1.54) is 18.5 Å². The zero-order valence-corrected chi connectivity index (χ0v) is 6.02. The average molecular weight is 137 g/mol. The van der Waals surface area contributed by atoms with Gasteiger partial charge in [-0.3, -0.25) is 5.10 Å². The van der Waals surface area contributed by atoms with Crippen molar-refractivity contribution >= 4 is 5.82 Å². The first-order valence-electron chi connectivity index (χ1n) is 3.63. The SMILES string of the molecule is CNc1cc(C2CC2)[nH]n1. The van der Waals surface area contributed by atoms with Crippen molar-refractivity contribution in [3.8, 4) is 0 Å². The Bertz CT molecular complexity index is 225. The fraction of sp³-hybridized carbons (Fsp3) is 0.571. The van der Waals surface area contributed by atoms with E-state index in [0.29, 0.717) is 0 Å². The number of H-pyrrole nitrogens is 1. The van der Waals surface area contributed by atoms with Crippen LogP contribution in [0.5, 0.6) is 0 Å². The summed E-state index contributed by atoms with van der Waals surface area (Å²) >= 11 is 0. The quantitative estimate of drug-likeness (QED) is 0.645. The van der Waals surface area contributed by atoms with Gasteiger partial charge in [-0.15, -0.1) is 0 Å². The molecule has 0 aliphatic heterocycles. The van der Waals surface area contributed by atoms with Crippen molar-refractivity contribution < 1.29 is 0 Å². The number of rotatable bonds is 2. The summed E-state index contributed by atoms with van der Waals surface area (Å²) in [4.78, 5) is 0.